The summed E-state index contributed by atoms with van der Waals surface area (Å²) < 4.78 is 5.31. The third kappa shape index (κ3) is 4.12. The smallest absolute Gasteiger partial charge is 0.255 e. The molecular formula is C23H21N5O2S. The van der Waals surface area contributed by atoms with Crippen molar-refractivity contribution < 1.29 is 4.74 Å². The molecule has 8 heteroatoms. The lowest BCUT2D eigenvalue weighted by Crippen LogP contribution is -2.35. The van der Waals surface area contributed by atoms with E-state index in [1.54, 1.807) is 30.8 Å². The molecule has 4 heterocycles. The van der Waals surface area contributed by atoms with Gasteiger partial charge in [-0.2, -0.15) is 0 Å². The fourth-order valence-electron chi connectivity index (χ4n) is 3.75. The van der Waals surface area contributed by atoms with Crippen LogP contribution in [0.2, 0.25) is 0 Å². The Kier molecular flexibility index (Phi) is 5.31. The SMILES string of the molecule is COc1cccc(-c2ncc(CN3CCc4nc(-c5ccncc5)[nH]c(=O)c4C3)s2)c1. The number of pyridine rings is 1. The van der Waals surface area contributed by atoms with Crippen LogP contribution < -0.4 is 10.3 Å². The van der Waals surface area contributed by atoms with Crippen LogP contribution in [0.1, 0.15) is 16.1 Å². The number of fused-ring (bicyclic) bond motifs is 1. The Bertz CT molecular complexity index is 1270. The van der Waals surface area contributed by atoms with E-state index >= 15 is 0 Å². The van der Waals surface area contributed by atoms with E-state index in [0.29, 0.717) is 12.4 Å². The highest BCUT2D eigenvalue weighted by Crippen LogP contribution is 2.29. The van der Waals surface area contributed by atoms with Gasteiger partial charge in [0.05, 0.1) is 18.4 Å². The first-order chi connectivity index (χ1) is 15.2. The summed E-state index contributed by atoms with van der Waals surface area (Å²) in [6.07, 6.45) is 6.07. The number of nitrogens with zero attached hydrogens (tertiary/aromatic N) is 4. The average Bonchev–Trinajstić information content (AvgIpc) is 3.28. The van der Waals surface area contributed by atoms with Crippen LogP contribution in [0, 0.1) is 0 Å². The van der Waals surface area contributed by atoms with Gasteiger partial charge in [-0.1, -0.05) is 12.1 Å². The van der Waals surface area contributed by atoms with Crippen LogP contribution in [0.3, 0.4) is 0 Å². The molecule has 1 aliphatic heterocycles. The zero-order valence-corrected chi connectivity index (χ0v) is 17.9. The number of benzene rings is 1. The summed E-state index contributed by atoms with van der Waals surface area (Å²) in [5.41, 5.74) is 3.48. The van der Waals surface area contributed by atoms with Crippen molar-refractivity contribution in [1.82, 2.24) is 24.8 Å². The largest absolute Gasteiger partial charge is 0.497 e. The fourth-order valence-corrected chi connectivity index (χ4v) is 4.70. The molecule has 0 aliphatic carbocycles. The minimum atomic E-state index is -0.0668. The van der Waals surface area contributed by atoms with Crippen molar-refractivity contribution >= 4 is 11.3 Å². The van der Waals surface area contributed by atoms with Gasteiger partial charge in [0, 0.05) is 60.6 Å². The van der Waals surface area contributed by atoms with Crippen LogP contribution in [-0.4, -0.2) is 38.5 Å². The van der Waals surface area contributed by atoms with E-state index in [-0.39, 0.29) is 5.56 Å². The van der Waals surface area contributed by atoms with Crippen molar-refractivity contribution in [3.05, 3.63) is 81.5 Å². The molecule has 0 amide bonds. The predicted octanol–water partition coefficient (Wildman–Crippen LogP) is 3.52. The minimum absolute atomic E-state index is 0.0668. The van der Waals surface area contributed by atoms with Gasteiger partial charge in [0.25, 0.3) is 5.56 Å². The first-order valence-corrected chi connectivity index (χ1v) is 10.9. The first-order valence-electron chi connectivity index (χ1n) is 10.0. The molecule has 1 aromatic carbocycles. The number of hydrogen-bond donors (Lipinski definition) is 1. The second-order valence-electron chi connectivity index (χ2n) is 7.40. The van der Waals surface area contributed by atoms with Crippen LogP contribution in [0.15, 0.2) is 59.8 Å². The van der Waals surface area contributed by atoms with E-state index in [0.717, 1.165) is 52.7 Å². The monoisotopic (exact) mass is 431 g/mol. The van der Waals surface area contributed by atoms with E-state index in [1.165, 1.54) is 4.88 Å². The lowest BCUT2D eigenvalue weighted by Gasteiger charge is -2.27. The maximum Gasteiger partial charge on any atom is 0.255 e. The Hall–Kier alpha value is -3.36. The van der Waals surface area contributed by atoms with E-state index in [1.807, 2.05) is 42.6 Å². The Labute approximate surface area is 183 Å². The van der Waals surface area contributed by atoms with E-state index in [4.69, 9.17) is 9.72 Å². The summed E-state index contributed by atoms with van der Waals surface area (Å²) in [5, 5.41) is 0.966. The highest BCUT2D eigenvalue weighted by Gasteiger charge is 2.22. The predicted molar refractivity (Wildman–Crippen MR) is 120 cm³/mol. The molecule has 4 aromatic rings. The molecule has 1 N–H and O–H groups in total. The number of rotatable bonds is 5. The number of aromatic nitrogens is 4. The molecule has 0 unspecified atom stereocenters. The summed E-state index contributed by atoms with van der Waals surface area (Å²) in [5.74, 6) is 1.42. The van der Waals surface area contributed by atoms with Crippen LogP contribution >= 0.6 is 11.3 Å². The van der Waals surface area contributed by atoms with Crippen molar-refractivity contribution in [1.29, 1.82) is 0 Å². The van der Waals surface area contributed by atoms with Gasteiger partial charge in [-0.3, -0.25) is 14.7 Å². The highest BCUT2D eigenvalue weighted by molar-refractivity contribution is 7.15. The number of methoxy groups -OCH3 is 1. The van der Waals surface area contributed by atoms with E-state index < -0.39 is 0 Å². The van der Waals surface area contributed by atoms with Gasteiger partial charge >= 0.3 is 0 Å². The second kappa shape index (κ2) is 8.41. The first kappa shape index (κ1) is 19.6. The van der Waals surface area contributed by atoms with Crippen LogP contribution in [0.5, 0.6) is 5.75 Å². The Morgan fingerprint density at radius 2 is 2.06 bits per heavy atom. The quantitative estimate of drug-likeness (QED) is 0.521. The summed E-state index contributed by atoms with van der Waals surface area (Å²) in [4.78, 5) is 32.4. The molecule has 31 heavy (non-hydrogen) atoms. The lowest BCUT2D eigenvalue weighted by molar-refractivity contribution is 0.244. The van der Waals surface area contributed by atoms with Gasteiger partial charge in [-0.05, 0) is 24.3 Å². The molecule has 0 atom stereocenters. The summed E-state index contributed by atoms with van der Waals surface area (Å²) >= 11 is 1.67. The number of H-pyrrole nitrogens is 1. The zero-order valence-electron chi connectivity index (χ0n) is 17.0. The molecule has 7 nitrogen and oxygen atoms in total. The molecule has 5 rings (SSSR count). The van der Waals surface area contributed by atoms with Gasteiger partial charge < -0.3 is 9.72 Å². The molecular weight excluding hydrogens is 410 g/mol. The lowest BCUT2D eigenvalue weighted by atomic mass is 10.1. The van der Waals surface area contributed by atoms with Crippen LogP contribution in [0.4, 0.5) is 0 Å². The molecule has 0 saturated carbocycles. The third-order valence-corrected chi connectivity index (χ3v) is 6.38. The third-order valence-electron chi connectivity index (χ3n) is 5.35. The van der Waals surface area contributed by atoms with Crippen molar-refractivity contribution in [2.45, 2.75) is 19.5 Å². The molecule has 156 valence electrons. The average molecular weight is 432 g/mol. The Morgan fingerprint density at radius 3 is 2.90 bits per heavy atom. The summed E-state index contributed by atoms with van der Waals surface area (Å²) in [6, 6.07) is 11.6. The maximum absolute atomic E-state index is 12.7. The standard InChI is InChI=1S/C23H21N5O2S/c1-30-17-4-2-3-16(11-17)23-25-12-18(31-23)13-28-10-7-20-19(14-28)22(29)27-21(26-20)15-5-8-24-9-6-15/h2-6,8-9,11-12H,7,10,13-14H2,1H3,(H,26,27,29). The van der Waals surface area contributed by atoms with Gasteiger partial charge in [-0.25, -0.2) is 9.97 Å². The Morgan fingerprint density at radius 1 is 1.19 bits per heavy atom. The number of aromatic amines is 1. The topological polar surface area (TPSA) is 84.0 Å². The van der Waals surface area contributed by atoms with E-state index in [9.17, 15) is 4.79 Å². The second-order valence-corrected chi connectivity index (χ2v) is 8.52. The van der Waals surface area contributed by atoms with Crippen molar-refractivity contribution in [3.8, 4) is 27.7 Å². The van der Waals surface area contributed by atoms with Gasteiger partial charge in [0.1, 0.15) is 16.6 Å². The number of hydrogen-bond acceptors (Lipinski definition) is 7. The van der Waals surface area contributed by atoms with Gasteiger partial charge in [0.2, 0.25) is 0 Å². The van der Waals surface area contributed by atoms with Crippen molar-refractivity contribution in [2.75, 3.05) is 13.7 Å². The molecule has 0 saturated heterocycles. The molecule has 3 aromatic heterocycles. The van der Waals surface area contributed by atoms with Crippen molar-refractivity contribution in [3.63, 3.8) is 0 Å². The van der Waals surface area contributed by atoms with E-state index in [2.05, 4.69) is 19.9 Å². The zero-order chi connectivity index (χ0) is 21.2. The molecule has 0 spiro atoms. The van der Waals surface area contributed by atoms with Gasteiger partial charge in [0.15, 0.2) is 0 Å². The van der Waals surface area contributed by atoms with Crippen molar-refractivity contribution in [2.24, 2.45) is 0 Å². The number of ether oxygens (including phenoxy) is 1. The number of nitrogens with one attached hydrogen (secondary N) is 1. The number of thiazole rings is 1. The maximum atomic E-state index is 12.7. The summed E-state index contributed by atoms with van der Waals surface area (Å²) in [6.45, 7) is 2.19. The minimum Gasteiger partial charge on any atom is -0.497 e. The molecule has 0 fully saturated rings. The molecule has 1 aliphatic rings. The van der Waals surface area contributed by atoms with Crippen LogP contribution in [0.25, 0.3) is 22.0 Å². The molecule has 0 radical (unpaired) electrons. The van der Waals surface area contributed by atoms with Gasteiger partial charge in [-0.15, -0.1) is 11.3 Å². The van der Waals surface area contributed by atoms with Crippen LogP contribution in [-0.2, 0) is 19.5 Å². The highest BCUT2D eigenvalue weighted by atomic mass is 32.1. The Balaban J connectivity index is 1.33. The summed E-state index contributed by atoms with van der Waals surface area (Å²) in [7, 11) is 1.66. The fraction of sp³-hybridized carbons (Fsp3) is 0.217. The molecule has 0 bridgehead atoms. The normalized spacial score (nSPS) is 13.7.